The highest BCUT2D eigenvalue weighted by Gasteiger charge is 2.27. The molecule has 5 heterocycles. The van der Waals surface area contributed by atoms with Crippen LogP contribution in [0.2, 0.25) is 0 Å². The molecule has 2 aliphatic rings. The first kappa shape index (κ1) is 28.3. The van der Waals surface area contributed by atoms with E-state index < -0.39 is 5.82 Å². The van der Waals surface area contributed by atoms with Crippen molar-refractivity contribution in [1.82, 2.24) is 19.4 Å². The Bertz CT molecular complexity index is 1620. The number of rotatable bonds is 10. The van der Waals surface area contributed by atoms with Gasteiger partial charge in [0.1, 0.15) is 33.5 Å². The lowest BCUT2D eigenvalue weighted by molar-refractivity contribution is -0.0591. The number of benzene rings is 1. The molecule has 6 rings (SSSR count). The van der Waals surface area contributed by atoms with Gasteiger partial charge in [-0.2, -0.15) is 5.26 Å². The van der Waals surface area contributed by atoms with Gasteiger partial charge in [0.15, 0.2) is 0 Å². The standard InChI is InChI=1S/C31H32FN5O4S/c1-2-39-31(38)27-15-26-30(42-27)37(17-23-10-13-40-23)28(34-26)18-36-11-8-21(9-12-36)25-4-3-5-29(35-25)41-19-22-7-6-20(16-33)14-24(22)32/h3-7,14-15,21,23H,2,8-13,17-19H2,1H3/t23-/m0/s1. The third-order valence-electron chi connectivity index (χ3n) is 7.83. The van der Waals surface area contributed by atoms with E-state index in [9.17, 15) is 9.18 Å². The molecule has 0 N–H and O–H groups in total. The second-order valence-corrected chi connectivity index (χ2v) is 11.6. The molecular weight excluding hydrogens is 557 g/mol. The molecule has 9 nitrogen and oxygen atoms in total. The number of imidazole rings is 1. The van der Waals surface area contributed by atoms with Gasteiger partial charge in [-0.05, 0) is 63.5 Å². The predicted molar refractivity (Wildman–Crippen MR) is 155 cm³/mol. The zero-order valence-electron chi connectivity index (χ0n) is 23.4. The van der Waals surface area contributed by atoms with Crippen LogP contribution in [0.15, 0.2) is 42.5 Å². The van der Waals surface area contributed by atoms with Gasteiger partial charge in [0.25, 0.3) is 0 Å². The average molecular weight is 590 g/mol. The van der Waals surface area contributed by atoms with Crippen molar-refractivity contribution in [2.75, 3.05) is 26.3 Å². The number of carbonyl (C=O) groups is 1. The number of aromatic nitrogens is 3. The first-order chi connectivity index (χ1) is 20.5. The van der Waals surface area contributed by atoms with E-state index in [1.54, 1.807) is 25.1 Å². The summed E-state index contributed by atoms with van der Waals surface area (Å²) in [6, 6.07) is 13.9. The lowest BCUT2D eigenvalue weighted by Gasteiger charge is -2.32. The number of carbonyl (C=O) groups excluding carboxylic acids is 1. The van der Waals surface area contributed by atoms with Crippen molar-refractivity contribution < 1.29 is 23.4 Å². The third-order valence-corrected chi connectivity index (χ3v) is 8.96. The lowest BCUT2D eigenvalue weighted by Crippen LogP contribution is -2.35. The topological polar surface area (TPSA) is 102 Å². The molecule has 0 saturated carbocycles. The van der Waals surface area contributed by atoms with E-state index in [0.29, 0.717) is 28.8 Å². The fourth-order valence-corrected chi connectivity index (χ4v) is 6.44. The molecule has 218 valence electrons. The van der Waals surface area contributed by atoms with Crippen molar-refractivity contribution >= 4 is 27.7 Å². The minimum Gasteiger partial charge on any atom is -0.473 e. The van der Waals surface area contributed by atoms with E-state index in [-0.39, 0.29) is 24.2 Å². The van der Waals surface area contributed by atoms with E-state index in [0.717, 1.165) is 73.9 Å². The van der Waals surface area contributed by atoms with E-state index in [2.05, 4.69) is 9.47 Å². The van der Waals surface area contributed by atoms with Crippen molar-refractivity contribution in [3.8, 4) is 11.9 Å². The highest BCUT2D eigenvalue weighted by molar-refractivity contribution is 7.20. The van der Waals surface area contributed by atoms with Gasteiger partial charge in [-0.1, -0.05) is 12.1 Å². The maximum Gasteiger partial charge on any atom is 0.348 e. The molecule has 3 aromatic heterocycles. The number of piperidine rings is 1. The molecule has 0 radical (unpaired) electrons. The fraction of sp³-hybridized carbons (Fsp3) is 0.419. The zero-order valence-corrected chi connectivity index (χ0v) is 24.2. The number of likely N-dealkylation sites (tertiary alicyclic amines) is 1. The van der Waals surface area contributed by atoms with Crippen LogP contribution in [-0.2, 0) is 29.2 Å². The second kappa shape index (κ2) is 12.6. The van der Waals surface area contributed by atoms with Crippen LogP contribution >= 0.6 is 11.3 Å². The Balaban J connectivity index is 1.09. The minimum atomic E-state index is -0.460. The van der Waals surface area contributed by atoms with Crippen molar-refractivity contribution in [3.05, 3.63) is 75.8 Å². The van der Waals surface area contributed by atoms with Gasteiger partial charge in [-0.3, -0.25) is 4.90 Å². The van der Waals surface area contributed by atoms with Gasteiger partial charge in [0, 0.05) is 29.8 Å². The summed E-state index contributed by atoms with van der Waals surface area (Å²) in [4.78, 5) is 25.9. The van der Waals surface area contributed by atoms with Crippen LogP contribution in [0.1, 0.15) is 64.4 Å². The highest BCUT2D eigenvalue weighted by atomic mass is 32.1. The van der Waals surface area contributed by atoms with Crippen LogP contribution in [0.4, 0.5) is 4.39 Å². The molecule has 1 aromatic carbocycles. The molecular formula is C31H32FN5O4S. The summed E-state index contributed by atoms with van der Waals surface area (Å²) in [7, 11) is 0. The third kappa shape index (κ3) is 6.16. The number of esters is 1. The molecule has 0 amide bonds. The number of hydrogen-bond acceptors (Lipinski definition) is 9. The summed E-state index contributed by atoms with van der Waals surface area (Å²) in [5, 5.41) is 8.94. The van der Waals surface area contributed by atoms with E-state index in [1.807, 2.05) is 24.3 Å². The van der Waals surface area contributed by atoms with Crippen molar-refractivity contribution in [2.24, 2.45) is 0 Å². The van der Waals surface area contributed by atoms with Crippen LogP contribution in [-0.4, -0.2) is 57.8 Å². The fourth-order valence-electron chi connectivity index (χ4n) is 5.42. The van der Waals surface area contributed by atoms with Gasteiger partial charge in [0.2, 0.25) is 5.88 Å². The molecule has 2 fully saturated rings. The maximum absolute atomic E-state index is 14.2. The smallest absolute Gasteiger partial charge is 0.348 e. The number of hydrogen-bond donors (Lipinski definition) is 0. The Hall–Kier alpha value is -3.85. The second-order valence-electron chi connectivity index (χ2n) is 10.6. The largest absolute Gasteiger partial charge is 0.473 e. The highest BCUT2D eigenvalue weighted by Crippen LogP contribution is 2.32. The van der Waals surface area contributed by atoms with Gasteiger partial charge in [-0.15, -0.1) is 11.3 Å². The van der Waals surface area contributed by atoms with Crippen LogP contribution in [0.25, 0.3) is 10.3 Å². The number of nitriles is 1. The number of pyridine rings is 1. The van der Waals surface area contributed by atoms with Gasteiger partial charge < -0.3 is 18.8 Å². The first-order valence-electron chi connectivity index (χ1n) is 14.3. The Kier molecular flexibility index (Phi) is 8.46. The molecule has 4 aromatic rings. The molecule has 0 aliphatic carbocycles. The molecule has 2 aliphatic heterocycles. The van der Waals surface area contributed by atoms with Crippen LogP contribution in [0.3, 0.4) is 0 Å². The summed E-state index contributed by atoms with van der Waals surface area (Å²) in [6.07, 6.45) is 3.11. The Morgan fingerprint density at radius 3 is 2.74 bits per heavy atom. The quantitative estimate of drug-likeness (QED) is 0.226. The molecule has 0 spiro atoms. The SMILES string of the molecule is CCOC(=O)c1cc2nc(CN3CCC(c4cccc(OCc5ccc(C#N)cc5F)n4)CC3)n(C[C@@H]3CCO3)c2s1. The van der Waals surface area contributed by atoms with Crippen molar-refractivity contribution in [2.45, 2.75) is 57.9 Å². The van der Waals surface area contributed by atoms with E-state index in [1.165, 1.54) is 17.4 Å². The first-order valence-corrected chi connectivity index (χ1v) is 15.1. The monoisotopic (exact) mass is 589 g/mol. The van der Waals surface area contributed by atoms with Gasteiger partial charge in [-0.25, -0.2) is 19.2 Å². The molecule has 11 heteroatoms. The zero-order chi connectivity index (χ0) is 29.1. The number of ether oxygens (including phenoxy) is 3. The lowest BCUT2D eigenvalue weighted by atomic mass is 9.93. The summed E-state index contributed by atoms with van der Waals surface area (Å²) in [5.74, 6) is 0.985. The molecule has 1 atom stereocenters. The predicted octanol–water partition coefficient (Wildman–Crippen LogP) is 5.43. The Morgan fingerprint density at radius 2 is 2.02 bits per heavy atom. The van der Waals surface area contributed by atoms with Gasteiger partial charge in [0.05, 0.1) is 37.4 Å². The number of thiophene rings is 1. The molecule has 42 heavy (non-hydrogen) atoms. The van der Waals surface area contributed by atoms with Gasteiger partial charge >= 0.3 is 5.97 Å². The summed E-state index contributed by atoms with van der Waals surface area (Å²) < 4.78 is 33.2. The molecule has 0 unspecified atom stereocenters. The van der Waals surface area contributed by atoms with Crippen molar-refractivity contribution in [3.63, 3.8) is 0 Å². The van der Waals surface area contributed by atoms with E-state index in [4.69, 9.17) is 29.4 Å². The molecule has 0 bridgehead atoms. The van der Waals surface area contributed by atoms with Crippen LogP contribution in [0, 0.1) is 17.1 Å². The summed E-state index contributed by atoms with van der Waals surface area (Å²) in [6.45, 7) is 6.25. The average Bonchev–Trinajstić information content (AvgIpc) is 3.53. The maximum atomic E-state index is 14.2. The Morgan fingerprint density at radius 1 is 1.19 bits per heavy atom. The van der Waals surface area contributed by atoms with Crippen LogP contribution in [0.5, 0.6) is 5.88 Å². The summed E-state index contributed by atoms with van der Waals surface area (Å²) in [5.41, 5.74) is 2.47. The summed E-state index contributed by atoms with van der Waals surface area (Å²) >= 11 is 1.43. The number of nitrogens with zero attached hydrogens (tertiary/aromatic N) is 5. The number of halogens is 1. The van der Waals surface area contributed by atoms with Crippen LogP contribution < -0.4 is 4.74 Å². The Labute approximate surface area is 247 Å². The molecule has 2 saturated heterocycles. The van der Waals surface area contributed by atoms with Crippen molar-refractivity contribution in [1.29, 1.82) is 5.26 Å². The minimum absolute atomic E-state index is 0.0454. The number of fused-ring (bicyclic) bond motifs is 1. The van der Waals surface area contributed by atoms with E-state index >= 15 is 0 Å². The normalized spacial score (nSPS) is 17.6.